The largest absolute Gasteiger partial charge is 0.353 e. The summed E-state index contributed by atoms with van der Waals surface area (Å²) in [5, 5.41) is 12.6. The van der Waals surface area contributed by atoms with Crippen LogP contribution >= 0.6 is 0 Å². The summed E-state index contributed by atoms with van der Waals surface area (Å²) in [6.07, 6.45) is 0.348. The van der Waals surface area contributed by atoms with Gasteiger partial charge in [0.05, 0.1) is 13.0 Å². The van der Waals surface area contributed by atoms with Crippen molar-refractivity contribution in [1.29, 1.82) is 0 Å². The van der Waals surface area contributed by atoms with Gasteiger partial charge < -0.3 is 5.32 Å². The number of hydrogen-bond donors (Lipinski definition) is 1. The van der Waals surface area contributed by atoms with Crippen molar-refractivity contribution in [3.05, 3.63) is 35.9 Å². The molecule has 1 amide bonds. The Morgan fingerprint density at radius 1 is 1.23 bits per heavy atom. The molecule has 1 aromatic carbocycles. The van der Waals surface area contributed by atoms with E-state index < -0.39 is 0 Å². The van der Waals surface area contributed by atoms with Gasteiger partial charge in [-0.25, -0.2) is 5.11 Å². The summed E-state index contributed by atoms with van der Waals surface area (Å²) in [6, 6.07) is 9.44. The van der Waals surface area contributed by atoms with E-state index in [-0.39, 0.29) is 19.1 Å². The minimum atomic E-state index is -0.263. The van der Waals surface area contributed by atoms with E-state index in [1.54, 1.807) is 0 Å². The fraction of sp³-hybridized carbons (Fsp3) is 0.300. The lowest BCUT2D eigenvalue weighted by molar-refractivity contribution is -0.120. The lowest BCUT2D eigenvalue weighted by Gasteiger charge is -2.01. The summed E-state index contributed by atoms with van der Waals surface area (Å²) in [7, 11) is 0. The molecule has 3 heteroatoms. The SMILES string of the molecule is [O]CCNC(=O)Cc1ccccc1. The Morgan fingerprint density at radius 3 is 2.54 bits per heavy atom. The summed E-state index contributed by atoms with van der Waals surface area (Å²) in [5.74, 6) is -0.0953. The van der Waals surface area contributed by atoms with Crippen LogP contribution in [0.5, 0.6) is 0 Å². The molecule has 1 aromatic rings. The van der Waals surface area contributed by atoms with E-state index in [0.29, 0.717) is 6.42 Å². The van der Waals surface area contributed by atoms with Crippen LogP contribution in [0.15, 0.2) is 30.3 Å². The van der Waals surface area contributed by atoms with E-state index in [9.17, 15) is 9.90 Å². The van der Waals surface area contributed by atoms with E-state index in [4.69, 9.17) is 0 Å². The van der Waals surface area contributed by atoms with Crippen LogP contribution in [-0.4, -0.2) is 19.1 Å². The molecule has 0 atom stereocenters. The molecule has 0 unspecified atom stereocenters. The topological polar surface area (TPSA) is 49.0 Å². The van der Waals surface area contributed by atoms with Gasteiger partial charge in [-0.1, -0.05) is 30.3 Å². The van der Waals surface area contributed by atoms with Crippen molar-refractivity contribution in [3.8, 4) is 0 Å². The van der Waals surface area contributed by atoms with Gasteiger partial charge in [0.25, 0.3) is 0 Å². The quantitative estimate of drug-likeness (QED) is 0.727. The summed E-state index contributed by atoms with van der Waals surface area (Å²) in [6.45, 7) is -0.0494. The number of amides is 1. The average molecular weight is 178 g/mol. The van der Waals surface area contributed by atoms with E-state index in [0.717, 1.165) is 5.56 Å². The van der Waals surface area contributed by atoms with Gasteiger partial charge in [-0.15, -0.1) is 0 Å². The summed E-state index contributed by atoms with van der Waals surface area (Å²) < 4.78 is 0. The molecule has 0 aliphatic carbocycles. The van der Waals surface area contributed by atoms with Gasteiger partial charge in [-0.05, 0) is 5.56 Å². The van der Waals surface area contributed by atoms with Gasteiger partial charge in [0.1, 0.15) is 0 Å². The standard InChI is InChI=1S/C10H12NO2/c12-7-6-11-10(13)8-9-4-2-1-3-5-9/h1-5H,6-8H2,(H,11,13). The smallest absolute Gasteiger partial charge is 0.224 e. The second kappa shape index (κ2) is 5.32. The zero-order chi connectivity index (χ0) is 9.52. The molecular formula is C10H12NO2. The Kier molecular flexibility index (Phi) is 3.99. The van der Waals surface area contributed by atoms with E-state index in [2.05, 4.69) is 5.32 Å². The predicted molar refractivity (Wildman–Crippen MR) is 48.7 cm³/mol. The van der Waals surface area contributed by atoms with Crippen LogP contribution < -0.4 is 5.32 Å². The molecule has 0 saturated heterocycles. The van der Waals surface area contributed by atoms with E-state index in [1.165, 1.54) is 0 Å². The zero-order valence-corrected chi connectivity index (χ0v) is 7.32. The molecule has 0 aliphatic heterocycles. The maximum Gasteiger partial charge on any atom is 0.224 e. The van der Waals surface area contributed by atoms with Gasteiger partial charge in [-0.3, -0.25) is 4.79 Å². The number of hydrogen-bond acceptors (Lipinski definition) is 1. The molecule has 1 N–H and O–H groups in total. The van der Waals surface area contributed by atoms with Crippen molar-refractivity contribution in [2.75, 3.05) is 13.2 Å². The van der Waals surface area contributed by atoms with Crippen LogP contribution in [0.1, 0.15) is 5.56 Å². The second-order valence-electron chi connectivity index (χ2n) is 2.72. The van der Waals surface area contributed by atoms with Crippen LogP contribution in [0.3, 0.4) is 0 Å². The molecule has 0 saturated carbocycles. The van der Waals surface area contributed by atoms with Crippen molar-refractivity contribution in [2.24, 2.45) is 0 Å². The van der Waals surface area contributed by atoms with Crippen molar-refractivity contribution in [1.82, 2.24) is 5.32 Å². The van der Waals surface area contributed by atoms with Crippen molar-refractivity contribution >= 4 is 5.91 Å². The predicted octanol–water partition coefficient (Wildman–Crippen LogP) is 0.776. The molecule has 0 aliphatic rings. The minimum Gasteiger partial charge on any atom is -0.353 e. The van der Waals surface area contributed by atoms with Crippen LogP contribution in [0.25, 0.3) is 0 Å². The fourth-order valence-corrected chi connectivity index (χ4v) is 1.03. The summed E-state index contributed by atoms with van der Waals surface area (Å²) in [4.78, 5) is 11.1. The Labute approximate surface area is 77.4 Å². The molecule has 0 fully saturated rings. The number of carbonyl (C=O) groups excluding carboxylic acids is 1. The average Bonchev–Trinajstić information content (AvgIpc) is 2.16. The van der Waals surface area contributed by atoms with Gasteiger partial charge >= 0.3 is 0 Å². The lowest BCUT2D eigenvalue weighted by Crippen LogP contribution is -2.27. The Bertz CT molecular complexity index is 259. The normalized spacial score (nSPS) is 9.62. The Morgan fingerprint density at radius 2 is 1.92 bits per heavy atom. The highest BCUT2D eigenvalue weighted by molar-refractivity contribution is 5.78. The first-order chi connectivity index (χ1) is 6.33. The van der Waals surface area contributed by atoms with Crippen LogP contribution in [-0.2, 0) is 16.3 Å². The first-order valence-electron chi connectivity index (χ1n) is 4.21. The fourth-order valence-electron chi connectivity index (χ4n) is 1.03. The van der Waals surface area contributed by atoms with E-state index in [1.807, 2.05) is 30.3 Å². The highest BCUT2D eigenvalue weighted by atomic mass is 16.3. The maximum atomic E-state index is 11.1. The summed E-state index contributed by atoms with van der Waals surface area (Å²) >= 11 is 0. The molecule has 69 valence electrons. The van der Waals surface area contributed by atoms with Crippen LogP contribution in [0, 0.1) is 0 Å². The molecule has 0 spiro atoms. The van der Waals surface area contributed by atoms with Crippen molar-refractivity contribution in [3.63, 3.8) is 0 Å². The third-order valence-electron chi connectivity index (χ3n) is 1.63. The minimum absolute atomic E-state index is 0.0953. The third-order valence-corrected chi connectivity index (χ3v) is 1.63. The molecule has 0 bridgehead atoms. The lowest BCUT2D eigenvalue weighted by atomic mass is 10.1. The Hall–Kier alpha value is -1.35. The third kappa shape index (κ3) is 3.71. The van der Waals surface area contributed by atoms with Crippen molar-refractivity contribution in [2.45, 2.75) is 6.42 Å². The van der Waals surface area contributed by atoms with Crippen LogP contribution in [0.4, 0.5) is 0 Å². The first kappa shape index (κ1) is 9.74. The molecule has 1 radical (unpaired) electrons. The first-order valence-corrected chi connectivity index (χ1v) is 4.21. The molecular weight excluding hydrogens is 166 g/mol. The molecule has 0 aromatic heterocycles. The number of benzene rings is 1. The highest BCUT2D eigenvalue weighted by Gasteiger charge is 2.00. The zero-order valence-electron chi connectivity index (χ0n) is 7.32. The molecule has 3 nitrogen and oxygen atoms in total. The van der Waals surface area contributed by atoms with Gasteiger partial charge in [0.15, 0.2) is 0 Å². The molecule has 13 heavy (non-hydrogen) atoms. The van der Waals surface area contributed by atoms with Crippen LogP contribution in [0.2, 0.25) is 0 Å². The van der Waals surface area contributed by atoms with E-state index >= 15 is 0 Å². The molecule has 0 heterocycles. The van der Waals surface area contributed by atoms with Gasteiger partial charge in [0, 0.05) is 6.54 Å². The van der Waals surface area contributed by atoms with Gasteiger partial charge in [-0.2, -0.15) is 0 Å². The number of carbonyl (C=O) groups is 1. The second-order valence-corrected chi connectivity index (χ2v) is 2.72. The molecule has 1 rings (SSSR count). The van der Waals surface area contributed by atoms with Gasteiger partial charge in [0.2, 0.25) is 5.91 Å². The Balaban J connectivity index is 2.37. The maximum absolute atomic E-state index is 11.1. The van der Waals surface area contributed by atoms with Crippen molar-refractivity contribution < 1.29 is 9.90 Å². The number of rotatable bonds is 4. The summed E-state index contributed by atoms with van der Waals surface area (Å²) in [5.41, 5.74) is 0.964. The highest BCUT2D eigenvalue weighted by Crippen LogP contribution is 1.98. The monoisotopic (exact) mass is 178 g/mol. The number of nitrogens with one attached hydrogen (secondary N) is 1.